The number of methoxy groups -OCH3 is 2. The van der Waals surface area contributed by atoms with Gasteiger partial charge in [0.25, 0.3) is 0 Å². The first-order valence-corrected chi connectivity index (χ1v) is 8.75. The molecule has 3 aromatic rings. The molecule has 3 rings (SSSR count). The molecule has 0 fully saturated rings. The molecule has 0 radical (unpaired) electrons. The zero-order chi connectivity index (χ0) is 20.5. The predicted molar refractivity (Wildman–Crippen MR) is 106 cm³/mol. The third-order valence-electron chi connectivity index (χ3n) is 4.23. The van der Waals surface area contributed by atoms with Crippen LogP contribution in [0.1, 0.15) is 20.8 Å². The van der Waals surface area contributed by atoms with Gasteiger partial charge in [0.2, 0.25) is 0 Å². The van der Waals surface area contributed by atoms with Crippen molar-refractivity contribution in [2.75, 3.05) is 14.2 Å². The number of hydrogen-bond acceptors (Lipinski definition) is 6. The lowest BCUT2D eigenvalue weighted by Gasteiger charge is -2.16. The lowest BCUT2D eigenvalue weighted by molar-refractivity contribution is -0.142. The molecular weight excluding hydrogens is 360 g/mol. The summed E-state index contributed by atoms with van der Waals surface area (Å²) in [6.45, 7) is 5.30. The SMILES string of the molecule is COc1ccc(OC)c(-c2cc3ccc(OC(=O)C(C)(C)C)cc3oc2=O)c1. The Morgan fingerprint density at radius 2 is 1.61 bits per heavy atom. The number of carbonyl (C=O) groups is 1. The normalized spacial score (nSPS) is 11.3. The molecule has 0 bridgehead atoms. The van der Waals surface area contributed by atoms with Gasteiger partial charge in [0, 0.05) is 17.0 Å². The maximum Gasteiger partial charge on any atom is 0.344 e. The first-order valence-electron chi connectivity index (χ1n) is 8.75. The Labute approximate surface area is 162 Å². The molecule has 6 nitrogen and oxygen atoms in total. The molecule has 0 aliphatic rings. The van der Waals surface area contributed by atoms with Crippen LogP contribution < -0.4 is 19.8 Å². The number of fused-ring (bicyclic) bond motifs is 1. The van der Waals surface area contributed by atoms with E-state index < -0.39 is 11.0 Å². The molecule has 0 spiro atoms. The van der Waals surface area contributed by atoms with Gasteiger partial charge in [-0.2, -0.15) is 0 Å². The summed E-state index contributed by atoms with van der Waals surface area (Å²) in [6.07, 6.45) is 0. The Hall–Kier alpha value is -3.28. The topological polar surface area (TPSA) is 75.0 Å². The Bertz CT molecular complexity index is 1090. The van der Waals surface area contributed by atoms with E-state index in [2.05, 4.69) is 0 Å². The molecule has 0 unspecified atom stereocenters. The predicted octanol–water partition coefficient (Wildman–Crippen LogP) is 4.43. The van der Waals surface area contributed by atoms with Crippen LogP contribution in [-0.2, 0) is 4.79 Å². The van der Waals surface area contributed by atoms with Crippen LogP contribution in [0, 0.1) is 5.41 Å². The molecule has 0 saturated carbocycles. The van der Waals surface area contributed by atoms with Crippen LogP contribution in [0.25, 0.3) is 22.1 Å². The van der Waals surface area contributed by atoms with Gasteiger partial charge in [0.1, 0.15) is 22.8 Å². The van der Waals surface area contributed by atoms with Crippen molar-refractivity contribution >= 4 is 16.9 Å². The number of carbonyl (C=O) groups excluding carboxylic acids is 1. The smallest absolute Gasteiger partial charge is 0.344 e. The van der Waals surface area contributed by atoms with Crippen molar-refractivity contribution in [2.45, 2.75) is 20.8 Å². The molecule has 1 aromatic heterocycles. The second-order valence-corrected chi connectivity index (χ2v) is 7.35. The highest BCUT2D eigenvalue weighted by molar-refractivity contribution is 5.85. The summed E-state index contributed by atoms with van der Waals surface area (Å²) in [6, 6.07) is 11.9. The summed E-state index contributed by atoms with van der Waals surface area (Å²) in [5.41, 5.74) is 0.0827. The van der Waals surface area contributed by atoms with Gasteiger partial charge in [-0.05, 0) is 57.2 Å². The van der Waals surface area contributed by atoms with Gasteiger partial charge < -0.3 is 18.6 Å². The second kappa shape index (κ2) is 7.38. The molecule has 146 valence electrons. The zero-order valence-corrected chi connectivity index (χ0v) is 16.5. The molecule has 0 saturated heterocycles. The van der Waals surface area contributed by atoms with Crippen molar-refractivity contribution < 1.29 is 23.4 Å². The molecule has 1 heterocycles. The van der Waals surface area contributed by atoms with E-state index in [0.29, 0.717) is 39.3 Å². The zero-order valence-electron chi connectivity index (χ0n) is 16.5. The van der Waals surface area contributed by atoms with E-state index in [0.717, 1.165) is 0 Å². The lowest BCUT2D eigenvalue weighted by atomic mass is 9.97. The van der Waals surface area contributed by atoms with Gasteiger partial charge in [-0.15, -0.1) is 0 Å². The van der Waals surface area contributed by atoms with E-state index in [1.807, 2.05) is 0 Å². The molecule has 0 aliphatic carbocycles. The fourth-order valence-corrected chi connectivity index (χ4v) is 2.63. The van der Waals surface area contributed by atoms with Crippen molar-refractivity contribution in [2.24, 2.45) is 5.41 Å². The number of rotatable bonds is 4. The summed E-state index contributed by atoms with van der Waals surface area (Å²) in [5.74, 6) is 1.08. The first-order chi connectivity index (χ1) is 13.2. The summed E-state index contributed by atoms with van der Waals surface area (Å²) >= 11 is 0. The molecule has 0 amide bonds. The third-order valence-corrected chi connectivity index (χ3v) is 4.23. The van der Waals surface area contributed by atoms with Gasteiger partial charge in [0.05, 0.1) is 25.2 Å². The van der Waals surface area contributed by atoms with Crippen LogP contribution in [0.4, 0.5) is 0 Å². The average molecular weight is 382 g/mol. The second-order valence-electron chi connectivity index (χ2n) is 7.35. The quantitative estimate of drug-likeness (QED) is 0.378. The minimum Gasteiger partial charge on any atom is -0.497 e. The fraction of sp³-hybridized carbons (Fsp3) is 0.273. The summed E-state index contributed by atoms with van der Waals surface area (Å²) in [7, 11) is 3.08. The minimum atomic E-state index is -0.636. The maximum atomic E-state index is 12.6. The van der Waals surface area contributed by atoms with Crippen molar-refractivity contribution in [1.82, 2.24) is 0 Å². The van der Waals surface area contributed by atoms with Crippen molar-refractivity contribution in [3.8, 4) is 28.4 Å². The largest absolute Gasteiger partial charge is 0.497 e. The average Bonchev–Trinajstić information content (AvgIpc) is 2.66. The molecule has 0 N–H and O–H groups in total. The van der Waals surface area contributed by atoms with E-state index in [9.17, 15) is 9.59 Å². The Morgan fingerprint density at radius 1 is 0.893 bits per heavy atom. The van der Waals surface area contributed by atoms with Gasteiger partial charge >= 0.3 is 11.6 Å². The molecule has 0 atom stereocenters. The standard InChI is InChI=1S/C22H22O6/c1-22(2,3)21(24)27-15-7-6-13-10-17(20(23)28-19(13)12-15)16-11-14(25-4)8-9-18(16)26-5/h6-12H,1-5H3. The van der Waals surface area contributed by atoms with Crippen LogP contribution in [-0.4, -0.2) is 20.2 Å². The molecular formula is C22H22O6. The number of ether oxygens (including phenoxy) is 3. The van der Waals surface area contributed by atoms with Gasteiger partial charge in [-0.25, -0.2) is 4.79 Å². The van der Waals surface area contributed by atoms with Gasteiger partial charge in [-0.1, -0.05) is 0 Å². The maximum absolute atomic E-state index is 12.6. The number of hydrogen-bond donors (Lipinski definition) is 0. The fourth-order valence-electron chi connectivity index (χ4n) is 2.63. The molecule has 0 aliphatic heterocycles. The third kappa shape index (κ3) is 3.86. The first kappa shape index (κ1) is 19.5. The van der Waals surface area contributed by atoms with Crippen LogP contribution in [0.3, 0.4) is 0 Å². The van der Waals surface area contributed by atoms with E-state index in [4.69, 9.17) is 18.6 Å². The van der Waals surface area contributed by atoms with Crippen LogP contribution in [0.2, 0.25) is 0 Å². The monoisotopic (exact) mass is 382 g/mol. The van der Waals surface area contributed by atoms with E-state index in [1.165, 1.54) is 13.2 Å². The highest BCUT2D eigenvalue weighted by Gasteiger charge is 2.24. The van der Waals surface area contributed by atoms with E-state index in [-0.39, 0.29) is 5.97 Å². The lowest BCUT2D eigenvalue weighted by Crippen LogP contribution is -2.25. The Morgan fingerprint density at radius 3 is 2.25 bits per heavy atom. The number of benzene rings is 2. The minimum absolute atomic E-state index is 0.322. The molecule has 6 heteroatoms. The highest BCUT2D eigenvalue weighted by Crippen LogP contribution is 2.33. The van der Waals surface area contributed by atoms with E-state index >= 15 is 0 Å². The van der Waals surface area contributed by atoms with Gasteiger partial charge in [-0.3, -0.25) is 4.79 Å². The summed E-state index contributed by atoms with van der Waals surface area (Å²) in [5, 5.41) is 0.690. The van der Waals surface area contributed by atoms with Crippen molar-refractivity contribution in [3.63, 3.8) is 0 Å². The summed E-state index contributed by atoms with van der Waals surface area (Å²) in [4.78, 5) is 24.7. The van der Waals surface area contributed by atoms with Gasteiger partial charge in [0.15, 0.2) is 0 Å². The number of esters is 1. The van der Waals surface area contributed by atoms with E-state index in [1.54, 1.807) is 64.3 Å². The van der Waals surface area contributed by atoms with Crippen LogP contribution >= 0.6 is 0 Å². The molecule has 2 aromatic carbocycles. The van der Waals surface area contributed by atoms with Crippen molar-refractivity contribution in [3.05, 3.63) is 52.9 Å². The molecule has 28 heavy (non-hydrogen) atoms. The summed E-state index contributed by atoms with van der Waals surface area (Å²) < 4.78 is 21.5. The highest BCUT2D eigenvalue weighted by atomic mass is 16.5. The van der Waals surface area contributed by atoms with Crippen LogP contribution in [0.15, 0.2) is 51.7 Å². The van der Waals surface area contributed by atoms with Crippen molar-refractivity contribution in [1.29, 1.82) is 0 Å². The Balaban J connectivity index is 2.07. The Kier molecular flexibility index (Phi) is 5.14. The van der Waals surface area contributed by atoms with Crippen LogP contribution in [0.5, 0.6) is 17.2 Å².